The molecule has 0 spiro atoms. The first kappa shape index (κ1) is 18.9. The summed E-state index contributed by atoms with van der Waals surface area (Å²) in [5.74, 6) is -1.77. The van der Waals surface area contributed by atoms with Crippen LogP contribution in [0.2, 0.25) is 0 Å². The predicted octanol–water partition coefficient (Wildman–Crippen LogP) is 3.79. The molecule has 2 amide bonds. The largest absolute Gasteiger partial charge is 0.416 e. The van der Waals surface area contributed by atoms with Gasteiger partial charge >= 0.3 is 18.0 Å². The maximum absolute atomic E-state index is 13.1. The van der Waals surface area contributed by atoms with Crippen molar-refractivity contribution in [1.29, 1.82) is 0 Å². The van der Waals surface area contributed by atoms with E-state index >= 15 is 0 Å². The summed E-state index contributed by atoms with van der Waals surface area (Å²) < 4.78 is 39.2. The van der Waals surface area contributed by atoms with Gasteiger partial charge in [0.15, 0.2) is 0 Å². The Hall–Kier alpha value is -2.83. The molecule has 1 N–H and O–H groups in total. The first-order valence-electron chi connectivity index (χ1n) is 8.59. The number of aryl methyl sites for hydroxylation is 2. The number of carbonyl (C=O) groups is 2. The number of hydrogen-bond donors (Lipinski definition) is 1. The fraction of sp³-hybridized carbons (Fsp3) is 0.300. The lowest BCUT2D eigenvalue weighted by Gasteiger charge is -2.20. The highest BCUT2D eigenvalue weighted by Crippen LogP contribution is 2.32. The Morgan fingerprint density at radius 2 is 1.78 bits per heavy atom. The monoisotopic (exact) mass is 376 g/mol. The van der Waals surface area contributed by atoms with E-state index in [1.54, 1.807) is 6.07 Å². The highest BCUT2D eigenvalue weighted by atomic mass is 19.4. The highest BCUT2D eigenvalue weighted by Gasteiger charge is 2.33. The van der Waals surface area contributed by atoms with Crippen molar-refractivity contribution in [3.8, 4) is 0 Å². The maximum Gasteiger partial charge on any atom is 0.416 e. The molecular weight excluding hydrogens is 357 g/mol. The van der Waals surface area contributed by atoms with Crippen LogP contribution in [0.4, 0.5) is 18.9 Å². The molecule has 0 radical (unpaired) electrons. The molecule has 0 aliphatic heterocycles. The van der Waals surface area contributed by atoms with Gasteiger partial charge < -0.3 is 10.2 Å². The molecular formula is C20H19F3N2O2. The molecule has 3 rings (SSSR count). The third kappa shape index (κ3) is 4.30. The number of amides is 2. The minimum Gasteiger partial charge on any atom is -0.333 e. The second kappa shape index (κ2) is 7.42. The summed E-state index contributed by atoms with van der Waals surface area (Å²) in [6.45, 7) is -0.313. The van der Waals surface area contributed by atoms with E-state index in [-0.39, 0.29) is 12.1 Å². The van der Waals surface area contributed by atoms with Gasteiger partial charge in [-0.05, 0) is 54.2 Å². The van der Waals surface area contributed by atoms with Gasteiger partial charge in [0.05, 0.1) is 5.56 Å². The van der Waals surface area contributed by atoms with Crippen molar-refractivity contribution >= 4 is 17.5 Å². The number of nitrogens with zero attached hydrogens (tertiary/aromatic N) is 1. The Morgan fingerprint density at radius 1 is 1.07 bits per heavy atom. The van der Waals surface area contributed by atoms with E-state index in [0.717, 1.165) is 35.8 Å². The molecule has 2 aromatic rings. The number of fused-ring (bicyclic) bond motifs is 1. The van der Waals surface area contributed by atoms with Crippen molar-refractivity contribution < 1.29 is 22.8 Å². The fourth-order valence-electron chi connectivity index (χ4n) is 3.27. The number of anilines is 1. The van der Waals surface area contributed by atoms with Gasteiger partial charge in [0.1, 0.15) is 0 Å². The molecule has 27 heavy (non-hydrogen) atoms. The van der Waals surface area contributed by atoms with Crippen LogP contribution in [0.5, 0.6) is 0 Å². The van der Waals surface area contributed by atoms with Crippen LogP contribution >= 0.6 is 0 Å². The molecule has 0 atom stereocenters. The number of rotatable bonds is 3. The van der Waals surface area contributed by atoms with E-state index in [1.807, 2.05) is 12.1 Å². The quantitative estimate of drug-likeness (QED) is 0.829. The van der Waals surface area contributed by atoms with Gasteiger partial charge in [0.25, 0.3) is 0 Å². The lowest BCUT2D eigenvalue weighted by atomic mass is 10.1. The van der Waals surface area contributed by atoms with Gasteiger partial charge in [-0.1, -0.05) is 24.3 Å². The second-order valence-corrected chi connectivity index (χ2v) is 6.61. The molecule has 4 nitrogen and oxygen atoms in total. The summed E-state index contributed by atoms with van der Waals surface area (Å²) in [5, 5.41) is 2.53. The van der Waals surface area contributed by atoms with Crippen molar-refractivity contribution in [3.05, 3.63) is 64.7 Å². The molecule has 0 fully saturated rings. The molecule has 0 heterocycles. The van der Waals surface area contributed by atoms with Crippen molar-refractivity contribution in [2.45, 2.75) is 32.0 Å². The Labute approximate surface area is 155 Å². The van der Waals surface area contributed by atoms with Crippen LogP contribution in [0.3, 0.4) is 0 Å². The van der Waals surface area contributed by atoms with Crippen molar-refractivity contribution in [2.24, 2.45) is 0 Å². The number of likely N-dealkylation sites (N-methyl/N-ethyl adjacent to an activating group) is 1. The van der Waals surface area contributed by atoms with Crippen LogP contribution in [-0.2, 0) is 35.2 Å². The van der Waals surface area contributed by atoms with Gasteiger partial charge in [0, 0.05) is 19.3 Å². The SMILES string of the molecule is CN(Cc1ccccc1C(F)(F)F)C(=O)C(=O)Nc1ccc2c(c1)CCC2. The van der Waals surface area contributed by atoms with Crippen LogP contribution in [0, 0.1) is 0 Å². The van der Waals surface area contributed by atoms with Crippen LogP contribution < -0.4 is 5.32 Å². The topological polar surface area (TPSA) is 49.4 Å². The standard InChI is InChI=1S/C20H19F3N2O2/c1-25(12-15-5-2-3-8-17(15)20(21,22)23)19(27)18(26)24-16-10-9-13-6-4-7-14(13)11-16/h2-3,5,8-11H,4,6-7,12H2,1H3,(H,24,26). The first-order valence-corrected chi connectivity index (χ1v) is 8.59. The van der Waals surface area contributed by atoms with Crippen LogP contribution in [0.1, 0.15) is 28.7 Å². The van der Waals surface area contributed by atoms with E-state index in [9.17, 15) is 22.8 Å². The average Bonchev–Trinajstić information content (AvgIpc) is 3.08. The zero-order valence-corrected chi connectivity index (χ0v) is 14.8. The summed E-state index contributed by atoms with van der Waals surface area (Å²) in [5.41, 5.74) is 2.01. The molecule has 0 unspecified atom stereocenters. The Bertz CT molecular complexity index is 878. The summed E-state index contributed by atoms with van der Waals surface area (Å²) in [6.07, 6.45) is -1.52. The molecule has 0 bridgehead atoms. The maximum atomic E-state index is 13.1. The number of halogens is 3. The number of benzene rings is 2. The number of alkyl halides is 3. The normalized spacial score (nSPS) is 13.2. The smallest absolute Gasteiger partial charge is 0.333 e. The van der Waals surface area contributed by atoms with Crippen LogP contribution in [0.15, 0.2) is 42.5 Å². The van der Waals surface area contributed by atoms with Crippen LogP contribution in [0.25, 0.3) is 0 Å². The molecule has 142 valence electrons. The zero-order chi connectivity index (χ0) is 19.6. The Balaban J connectivity index is 1.68. The zero-order valence-electron chi connectivity index (χ0n) is 14.8. The third-order valence-electron chi connectivity index (χ3n) is 4.63. The van der Waals surface area contributed by atoms with Gasteiger partial charge in [-0.3, -0.25) is 9.59 Å². The van der Waals surface area contributed by atoms with Gasteiger partial charge in [-0.25, -0.2) is 0 Å². The molecule has 1 aliphatic carbocycles. The van der Waals surface area contributed by atoms with Crippen molar-refractivity contribution in [3.63, 3.8) is 0 Å². The Kier molecular flexibility index (Phi) is 5.21. The summed E-state index contributed by atoms with van der Waals surface area (Å²) in [6, 6.07) is 10.5. The summed E-state index contributed by atoms with van der Waals surface area (Å²) in [4.78, 5) is 25.5. The van der Waals surface area contributed by atoms with Gasteiger partial charge in [0.2, 0.25) is 0 Å². The summed E-state index contributed by atoms with van der Waals surface area (Å²) in [7, 11) is 1.30. The number of carbonyl (C=O) groups excluding carboxylic acids is 2. The predicted molar refractivity (Wildman–Crippen MR) is 95.0 cm³/mol. The van der Waals surface area contributed by atoms with Gasteiger partial charge in [-0.2, -0.15) is 13.2 Å². The number of nitrogens with one attached hydrogen (secondary N) is 1. The molecule has 2 aromatic carbocycles. The van der Waals surface area contributed by atoms with E-state index in [1.165, 1.54) is 30.8 Å². The lowest BCUT2D eigenvalue weighted by Crippen LogP contribution is -2.37. The van der Waals surface area contributed by atoms with E-state index in [2.05, 4.69) is 5.32 Å². The van der Waals surface area contributed by atoms with Gasteiger partial charge in [-0.15, -0.1) is 0 Å². The minimum atomic E-state index is -4.52. The minimum absolute atomic E-state index is 0.0637. The number of hydrogen-bond acceptors (Lipinski definition) is 2. The molecule has 0 saturated carbocycles. The van der Waals surface area contributed by atoms with Crippen molar-refractivity contribution in [2.75, 3.05) is 12.4 Å². The average molecular weight is 376 g/mol. The molecule has 0 aromatic heterocycles. The lowest BCUT2D eigenvalue weighted by molar-refractivity contribution is -0.143. The van der Waals surface area contributed by atoms with E-state index < -0.39 is 23.6 Å². The van der Waals surface area contributed by atoms with E-state index in [4.69, 9.17) is 0 Å². The summed E-state index contributed by atoms with van der Waals surface area (Å²) >= 11 is 0. The fourth-order valence-corrected chi connectivity index (χ4v) is 3.27. The van der Waals surface area contributed by atoms with E-state index in [0.29, 0.717) is 5.69 Å². The van der Waals surface area contributed by atoms with Crippen molar-refractivity contribution in [1.82, 2.24) is 4.90 Å². The Morgan fingerprint density at radius 3 is 2.52 bits per heavy atom. The molecule has 7 heteroatoms. The second-order valence-electron chi connectivity index (χ2n) is 6.61. The highest BCUT2D eigenvalue weighted by molar-refractivity contribution is 6.39. The third-order valence-corrected chi connectivity index (χ3v) is 4.63. The van der Waals surface area contributed by atoms with Crippen LogP contribution in [-0.4, -0.2) is 23.8 Å². The molecule has 0 saturated heterocycles. The molecule has 1 aliphatic rings. The first-order chi connectivity index (χ1) is 12.8.